The fourth-order valence-corrected chi connectivity index (χ4v) is 3.46. The minimum atomic E-state index is 0.817. The molecule has 5 rings (SSSR count). The van der Waals surface area contributed by atoms with Crippen LogP contribution in [-0.2, 0) is 6.42 Å². The predicted octanol–water partition coefficient (Wildman–Crippen LogP) is 4.62. The summed E-state index contributed by atoms with van der Waals surface area (Å²) in [4.78, 5) is 12.1. The molecule has 0 radical (unpaired) electrons. The Morgan fingerprint density at radius 1 is 1.00 bits per heavy atom. The van der Waals surface area contributed by atoms with Gasteiger partial charge < -0.3 is 9.72 Å². The number of aromatic nitrogens is 3. The molecular formula is C21H17N3O. The minimum Gasteiger partial charge on any atom is -0.493 e. The first-order valence-electron chi connectivity index (χ1n) is 8.52. The molecule has 3 aromatic heterocycles. The first kappa shape index (κ1) is 14.2. The maximum absolute atomic E-state index is 5.73. The molecule has 4 nitrogen and oxygen atoms in total. The second-order valence-corrected chi connectivity index (χ2v) is 6.34. The standard InChI is InChI=1S/C21H17N3O/c1-3-16(11-22-7-1)17-10-18-19(13-24-21(18)23-12-17)14-5-6-20-15(9-14)4-2-8-25-20/h1,3,5-7,9-13H,2,4,8H2,(H,23,24). The topological polar surface area (TPSA) is 50.8 Å². The molecule has 1 N–H and O–H groups in total. The van der Waals surface area contributed by atoms with E-state index in [1.807, 2.05) is 24.7 Å². The van der Waals surface area contributed by atoms with Crippen molar-refractivity contribution < 1.29 is 4.74 Å². The van der Waals surface area contributed by atoms with Crippen LogP contribution in [0.25, 0.3) is 33.3 Å². The molecule has 1 aliphatic rings. The number of fused-ring (bicyclic) bond motifs is 2. The van der Waals surface area contributed by atoms with Gasteiger partial charge in [0.15, 0.2) is 0 Å². The number of aryl methyl sites for hydroxylation is 1. The van der Waals surface area contributed by atoms with Gasteiger partial charge >= 0.3 is 0 Å². The lowest BCUT2D eigenvalue weighted by molar-refractivity contribution is 0.288. The highest BCUT2D eigenvalue weighted by Gasteiger charge is 2.14. The quantitative estimate of drug-likeness (QED) is 0.584. The van der Waals surface area contributed by atoms with Crippen molar-refractivity contribution in [2.45, 2.75) is 12.8 Å². The maximum atomic E-state index is 5.73. The van der Waals surface area contributed by atoms with Crippen molar-refractivity contribution in [1.29, 1.82) is 0 Å². The summed E-state index contributed by atoms with van der Waals surface area (Å²) in [5.41, 5.74) is 6.69. The van der Waals surface area contributed by atoms with Gasteiger partial charge in [-0.1, -0.05) is 12.1 Å². The number of nitrogens with one attached hydrogen (secondary N) is 1. The van der Waals surface area contributed by atoms with Crippen molar-refractivity contribution in [3.63, 3.8) is 0 Å². The van der Waals surface area contributed by atoms with Crippen LogP contribution in [0, 0.1) is 0 Å². The second kappa shape index (κ2) is 5.74. The zero-order valence-electron chi connectivity index (χ0n) is 13.7. The van der Waals surface area contributed by atoms with Gasteiger partial charge in [0.2, 0.25) is 0 Å². The van der Waals surface area contributed by atoms with Crippen LogP contribution in [0.2, 0.25) is 0 Å². The fourth-order valence-electron chi connectivity index (χ4n) is 3.46. The molecule has 25 heavy (non-hydrogen) atoms. The third-order valence-corrected chi connectivity index (χ3v) is 4.75. The zero-order chi connectivity index (χ0) is 16.6. The van der Waals surface area contributed by atoms with Gasteiger partial charge in [0.1, 0.15) is 11.4 Å². The Kier molecular flexibility index (Phi) is 3.27. The average Bonchev–Trinajstić information content (AvgIpc) is 3.11. The van der Waals surface area contributed by atoms with Crippen LogP contribution < -0.4 is 4.74 Å². The van der Waals surface area contributed by atoms with Crippen molar-refractivity contribution in [1.82, 2.24) is 15.0 Å². The molecule has 122 valence electrons. The summed E-state index contributed by atoms with van der Waals surface area (Å²) in [6.45, 7) is 0.817. The van der Waals surface area contributed by atoms with Crippen LogP contribution >= 0.6 is 0 Å². The van der Waals surface area contributed by atoms with Crippen molar-refractivity contribution in [2.75, 3.05) is 6.61 Å². The first-order valence-corrected chi connectivity index (χ1v) is 8.52. The molecule has 4 heteroatoms. The number of hydrogen-bond acceptors (Lipinski definition) is 3. The van der Waals surface area contributed by atoms with E-state index in [1.54, 1.807) is 6.20 Å². The van der Waals surface area contributed by atoms with Gasteiger partial charge in [-0.05, 0) is 48.2 Å². The third-order valence-electron chi connectivity index (χ3n) is 4.75. The number of ether oxygens (including phenoxy) is 1. The Morgan fingerprint density at radius 3 is 2.92 bits per heavy atom. The number of hydrogen-bond donors (Lipinski definition) is 1. The molecule has 0 spiro atoms. The van der Waals surface area contributed by atoms with Crippen LogP contribution in [0.4, 0.5) is 0 Å². The van der Waals surface area contributed by atoms with Crippen molar-refractivity contribution in [3.8, 4) is 28.0 Å². The molecule has 0 bridgehead atoms. The van der Waals surface area contributed by atoms with Crippen LogP contribution in [0.1, 0.15) is 12.0 Å². The van der Waals surface area contributed by atoms with E-state index < -0.39 is 0 Å². The number of pyridine rings is 2. The second-order valence-electron chi connectivity index (χ2n) is 6.34. The first-order chi connectivity index (χ1) is 12.4. The van der Waals surface area contributed by atoms with E-state index >= 15 is 0 Å². The lowest BCUT2D eigenvalue weighted by atomic mass is 9.98. The van der Waals surface area contributed by atoms with Gasteiger partial charge in [-0.15, -0.1) is 0 Å². The molecule has 0 fully saturated rings. The molecule has 1 aromatic carbocycles. The summed E-state index contributed by atoms with van der Waals surface area (Å²) in [5, 5.41) is 1.12. The van der Waals surface area contributed by atoms with E-state index in [1.165, 1.54) is 16.7 Å². The molecule has 0 unspecified atom stereocenters. The molecule has 0 saturated heterocycles. The molecule has 0 saturated carbocycles. The van der Waals surface area contributed by atoms with Gasteiger partial charge in [0, 0.05) is 46.9 Å². The van der Waals surface area contributed by atoms with Gasteiger partial charge in [-0.2, -0.15) is 0 Å². The molecule has 0 atom stereocenters. The van der Waals surface area contributed by atoms with E-state index in [2.05, 4.69) is 45.3 Å². The SMILES string of the molecule is c1cncc(-c2cnc3[nH]cc(-c4ccc5c(c4)CCCO5)c3c2)c1. The van der Waals surface area contributed by atoms with Crippen molar-refractivity contribution in [3.05, 3.63) is 66.7 Å². The number of nitrogens with zero attached hydrogens (tertiary/aromatic N) is 2. The maximum Gasteiger partial charge on any atom is 0.137 e. The summed E-state index contributed by atoms with van der Waals surface area (Å²) in [7, 11) is 0. The van der Waals surface area contributed by atoms with Crippen molar-refractivity contribution >= 4 is 11.0 Å². The largest absolute Gasteiger partial charge is 0.493 e. The molecule has 4 heterocycles. The highest BCUT2D eigenvalue weighted by atomic mass is 16.5. The molecule has 0 aliphatic carbocycles. The smallest absolute Gasteiger partial charge is 0.137 e. The van der Waals surface area contributed by atoms with E-state index in [9.17, 15) is 0 Å². The fraction of sp³-hybridized carbons (Fsp3) is 0.143. The Labute approximate surface area is 145 Å². The Balaban J connectivity index is 1.64. The number of benzene rings is 1. The zero-order valence-corrected chi connectivity index (χ0v) is 13.7. The lowest BCUT2D eigenvalue weighted by Crippen LogP contribution is -2.07. The number of H-pyrrole nitrogens is 1. The van der Waals surface area contributed by atoms with Crippen molar-refractivity contribution in [2.24, 2.45) is 0 Å². The van der Waals surface area contributed by atoms with Gasteiger partial charge in [-0.3, -0.25) is 4.98 Å². The van der Waals surface area contributed by atoms with Crippen LogP contribution in [0.5, 0.6) is 5.75 Å². The monoisotopic (exact) mass is 327 g/mol. The van der Waals surface area contributed by atoms with E-state index in [4.69, 9.17) is 4.74 Å². The van der Waals surface area contributed by atoms with Gasteiger partial charge in [0.05, 0.1) is 6.61 Å². The molecular weight excluding hydrogens is 310 g/mol. The Hall–Kier alpha value is -3.14. The average molecular weight is 327 g/mol. The molecule has 1 aliphatic heterocycles. The lowest BCUT2D eigenvalue weighted by Gasteiger charge is -2.17. The molecule has 0 amide bonds. The number of aromatic amines is 1. The minimum absolute atomic E-state index is 0.817. The Morgan fingerprint density at radius 2 is 2.00 bits per heavy atom. The highest BCUT2D eigenvalue weighted by Crippen LogP contribution is 2.34. The Bertz CT molecular complexity index is 1050. The van der Waals surface area contributed by atoms with Crippen LogP contribution in [0.15, 0.2) is 61.2 Å². The van der Waals surface area contributed by atoms with Gasteiger partial charge in [-0.25, -0.2) is 4.98 Å². The number of rotatable bonds is 2. The summed E-state index contributed by atoms with van der Waals surface area (Å²) < 4.78 is 5.73. The van der Waals surface area contributed by atoms with Crippen LogP contribution in [0.3, 0.4) is 0 Å². The van der Waals surface area contributed by atoms with E-state index in [0.717, 1.165) is 47.4 Å². The summed E-state index contributed by atoms with van der Waals surface area (Å²) in [6.07, 6.45) is 9.73. The van der Waals surface area contributed by atoms with Gasteiger partial charge in [0.25, 0.3) is 0 Å². The summed E-state index contributed by atoms with van der Waals surface area (Å²) in [6, 6.07) is 12.6. The predicted molar refractivity (Wildman–Crippen MR) is 98.6 cm³/mol. The summed E-state index contributed by atoms with van der Waals surface area (Å²) in [5.74, 6) is 1.02. The third kappa shape index (κ3) is 2.47. The highest BCUT2D eigenvalue weighted by molar-refractivity contribution is 5.96. The van der Waals surface area contributed by atoms with Crippen LogP contribution in [-0.4, -0.2) is 21.6 Å². The van der Waals surface area contributed by atoms with E-state index in [-0.39, 0.29) is 0 Å². The summed E-state index contributed by atoms with van der Waals surface area (Å²) >= 11 is 0. The molecule has 4 aromatic rings. The van der Waals surface area contributed by atoms with E-state index in [0.29, 0.717) is 0 Å². The normalized spacial score (nSPS) is 13.4.